The lowest BCUT2D eigenvalue weighted by atomic mass is 10.1. The van der Waals surface area contributed by atoms with Gasteiger partial charge in [0.15, 0.2) is 0 Å². The molecule has 116 valence electrons. The molecule has 1 fully saturated rings. The van der Waals surface area contributed by atoms with E-state index in [1.807, 2.05) is 18.2 Å². The number of nitrogens with one attached hydrogen (secondary N) is 1. The molecule has 2 amide bonds. The van der Waals surface area contributed by atoms with Crippen molar-refractivity contribution in [2.24, 2.45) is 0 Å². The molecule has 1 aliphatic carbocycles. The summed E-state index contributed by atoms with van der Waals surface area (Å²) in [6, 6.07) is -0.799. The quantitative estimate of drug-likeness (QED) is 0.469. The number of hydrogen-bond acceptors (Lipinski definition) is 4. The Hall–Kier alpha value is -0.370. The molecule has 1 aliphatic heterocycles. The van der Waals surface area contributed by atoms with Crippen LogP contribution < -0.4 is 5.43 Å². The predicted octanol–water partition coefficient (Wildman–Crippen LogP) is 2.78. The van der Waals surface area contributed by atoms with Gasteiger partial charge in [0.05, 0.1) is 6.04 Å². The Balaban J connectivity index is 2.25. The van der Waals surface area contributed by atoms with Gasteiger partial charge in [0.2, 0.25) is 0 Å². The minimum Gasteiger partial charge on any atom is -0.385 e. The molecule has 9 heteroatoms. The molecular weight excluding hydrogens is 357 g/mol. The summed E-state index contributed by atoms with van der Waals surface area (Å²) < 4.78 is 3.18. The summed E-state index contributed by atoms with van der Waals surface area (Å²) in [5, 5.41) is 0.979. The standard InChI is InChI=1S/C12H14Cl3N3O2S/c1-20-7-6-10-16-18(12(13,14)15)11(19)17(10)8-4-2-3-5-9(8)21/h2-5,8,10,16H,6-7H2,1H3. The second-order valence-electron chi connectivity index (χ2n) is 4.51. The summed E-state index contributed by atoms with van der Waals surface area (Å²) in [7, 11) is 1.59. The average molecular weight is 371 g/mol. The molecule has 0 saturated carbocycles. The zero-order valence-electron chi connectivity index (χ0n) is 11.1. The van der Waals surface area contributed by atoms with Gasteiger partial charge in [-0.3, -0.25) is 4.90 Å². The number of alkyl halides is 3. The number of allylic oxidation sites excluding steroid dienone is 2. The Bertz CT molecular complexity index is 493. The predicted molar refractivity (Wildman–Crippen MR) is 87.4 cm³/mol. The van der Waals surface area contributed by atoms with E-state index in [2.05, 4.69) is 5.43 Å². The van der Waals surface area contributed by atoms with Gasteiger partial charge in [-0.2, -0.15) is 0 Å². The number of carbonyl (C=O) groups is 1. The Kier molecular flexibility index (Phi) is 5.51. The topological polar surface area (TPSA) is 44.8 Å². The van der Waals surface area contributed by atoms with E-state index in [9.17, 15) is 4.79 Å². The summed E-state index contributed by atoms with van der Waals surface area (Å²) in [4.78, 5) is 14.7. The van der Waals surface area contributed by atoms with Crippen molar-refractivity contribution >= 4 is 57.9 Å². The summed E-state index contributed by atoms with van der Waals surface area (Å²) in [5.74, 6) is 0. The lowest BCUT2D eigenvalue weighted by molar-refractivity contribution is 0.146. The summed E-state index contributed by atoms with van der Waals surface area (Å²) in [6.45, 7) is 0.453. The molecule has 0 spiro atoms. The number of methoxy groups -OCH3 is 1. The van der Waals surface area contributed by atoms with E-state index in [4.69, 9.17) is 51.8 Å². The fraction of sp³-hybridized carbons (Fsp3) is 0.500. The van der Waals surface area contributed by atoms with E-state index < -0.39 is 9.95 Å². The van der Waals surface area contributed by atoms with Crippen LogP contribution in [-0.4, -0.2) is 50.6 Å². The van der Waals surface area contributed by atoms with Gasteiger partial charge in [-0.05, 0) is 6.08 Å². The fourth-order valence-electron chi connectivity index (χ4n) is 2.19. The molecule has 2 aliphatic rings. The highest BCUT2D eigenvalue weighted by molar-refractivity contribution is 7.80. The number of halogens is 3. The van der Waals surface area contributed by atoms with Crippen LogP contribution in [0, 0.1) is 0 Å². The molecule has 2 rings (SSSR count). The first kappa shape index (κ1) is 17.0. The van der Waals surface area contributed by atoms with Crippen molar-refractivity contribution in [1.82, 2.24) is 15.3 Å². The van der Waals surface area contributed by atoms with Gasteiger partial charge in [0, 0.05) is 25.0 Å². The number of amides is 2. The van der Waals surface area contributed by atoms with E-state index in [0.717, 1.165) is 5.01 Å². The highest BCUT2D eigenvalue weighted by Gasteiger charge is 2.48. The van der Waals surface area contributed by atoms with Crippen LogP contribution >= 0.6 is 47.0 Å². The molecule has 0 bridgehead atoms. The molecule has 0 aromatic heterocycles. The van der Waals surface area contributed by atoms with Crippen LogP contribution in [0.3, 0.4) is 0 Å². The minimum absolute atomic E-state index is 0.357. The number of carbonyl (C=O) groups excluding carboxylic acids is 1. The largest absolute Gasteiger partial charge is 0.385 e. The molecule has 1 saturated heterocycles. The van der Waals surface area contributed by atoms with Crippen molar-refractivity contribution in [3.05, 3.63) is 24.3 Å². The highest BCUT2D eigenvalue weighted by atomic mass is 35.6. The first-order valence-corrected chi connectivity index (χ1v) is 7.73. The number of nitrogens with zero attached hydrogens (tertiary/aromatic N) is 2. The van der Waals surface area contributed by atoms with Crippen molar-refractivity contribution in [2.45, 2.75) is 22.5 Å². The molecule has 1 N–H and O–H groups in total. The average Bonchev–Trinajstić information content (AvgIpc) is 2.74. The molecule has 1 heterocycles. The second kappa shape index (κ2) is 6.81. The first-order chi connectivity index (χ1) is 9.86. The number of urea groups is 1. The van der Waals surface area contributed by atoms with Crippen LogP contribution in [0.4, 0.5) is 4.79 Å². The number of rotatable bonds is 4. The van der Waals surface area contributed by atoms with Crippen LogP contribution in [-0.2, 0) is 4.74 Å². The van der Waals surface area contributed by atoms with Crippen LogP contribution in [0.25, 0.3) is 0 Å². The van der Waals surface area contributed by atoms with Crippen LogP contribution in [0.5, 0.6) is 0 Å². The highest BCUT2D eigenvalue weighted by Crippen LogP contribution is 2.35. The molecule has 2 atom stereocenters. The van der Waals surface area contributed by atoms with Crippen molar-refractivity contribution in [3.63, 3.8) is 0 Å². The van der Waals surface area contributed by atoms with Crippen molar-refractivity contribution in [3.8, 4) is 0 Å². The fourth-order valence-corrected chi connectivity index (χ4v) is 2.82. The molecule has 5 nitrogen and oxygen atoms in total. The van der Waals surface area contributed by atoms with Gasteiger partial charge in [-0.1, -0.05) is 65.2 Å². The van der Waals surface area contributed by atoms with Crippen LogP contribution in [0.15, 0.2) is 24.3 Å². The van der Waals surface area contributed by atoms with E-state index in [-0.39, 0.29) is 12.2 Å². The normalized spacial score (nSPS) is 26.1. The monoisotopic (exact) mass is 369 g/mol. The molecule has 21 heavy (non-hydrogen) atoms. The van der Waals surface area contributed by atoms with Gasteiger partial charge in [-0.25, -0.2) is 15.2 Å². The SMILES string of the molecule is COCCC1NN(C(Cl)(Cl)Cl)C(=O)N1C1C=CC=CC1=S. The van der Waals surface area contributed by atoms with Gasteiger partial charge >= 0.3 is 6.03 Å². The summed E-state index contributed by atoms with van der Waals surface area (Å²) >= 11 is 22.8. The molecule has 0 aromatic rings. The number of thiocarbonyl (C=S) groups is 1. The van der Waals surface area contributed by atoms with Crippen LogP contribution in [0.1, 0.15) is 6.42 Å². The van der Waals surface area contributed by atoms with E-state index in [0.29, 0.717) is 17.9 Å². The molecule has 2 unspecified atom stereocenters. The maximum atomic E-state index is 12.5. The van der Waals surface area contributed by atoms with Gasteiger partial charge in [0.1, 0.15) is 6.17 Å². The lowest BCUT2D eigenvalue weighted by Crippen LogP contribution is -2.47. The number of hydrazine groups is 1. The minimum atomic E-state index is -1.88. The molecule has 0 radical (unpaired) electrons. The number of ether oxygens (including phenoxy) is 1. The van der Waals surface area contributed by atoms with E-state index in [1.165, 1.54) is 0 Å². The maximum absolute atomic E-state index is 12.5. The molecular formula is C12H14Cl3N3O2S. The van der Waals surface area contributed by atoms with Gasteiger partial charge in [0.25, 0.3) is 3.92 Å². The van der Waals surface area contributed by atoms with E-state index in [1.54, 1.807) is 18.1 Å². The third-order valence-electron chi connectivity index (χ3n) is 3.13. The van der Waals surface area contributed by atoms with Crippen LogP contribution in [0.2, 0.25) is 0 Å². The van der Waals surface area contributed by atoms with Crippen molar-refractivity contribution < 1.29 is 9.53 Å². The lowest BCUT2D eigenvalue weighted by Gasteiger charge is -2.30. The zero-order chi connectivity index (χ0) is 15.6. The maximum Gasteiger partial charge on any atom is 0.340 e. The van der Waals surface area contributed by atoms with Gasteiger partial charge in [-0.15, -0.1) is 0 Å². The Labute approximate surface area is 143 Å². The summed E-state index contributed by atoms with van der Waals surface area (Å²) in [6.07, 6.45) is 7.44. The Morgan fingerprint density at radius 3 is 2.71 bits per heavy atom. The summed E-state index contributed by atoms with van der Waals surface area (Å²) in [5.41, 5.74) is 2.90. The first-order valence-electron chi connectivity index (χ1n) is 6.19. The Morgan fingerprint density at radius 1 is 1.43 bits per heavy atom. The van der Waals surface area contributed by atoms with E-state index >= 15 is 0 Å². The molecule has 0 aromatic carbocycles. The van der Waals surface area contributed by atoms with Gasteiger partial charge < -0.3 is 4.74 Å². The third-order valence-corrected chi connectivity index (χ3v) is 4.02. The van der Waals surface area contributed by atoms with Crippen molar-refractivity contribution in [1.29, 1.82) is 0 Å². The Morgan fingerprint density at radius 2 is 2.14 bits per heavy atom. The number of hydrogen-bond donors (Lipinski definition) is 1. The second-order valence-corrected chi connectivity index (χ2v) is 7.20. The van der Waals surface area contributed by atoms with Crippen molar-refractivity contribution in [2.75, 3.05) is 13.7 Å². The third kappa shape index (κ3) is 3.70. The zero-order valence-corrected chi connectivity index (χ0v) is 14.2. The smallest absolute Gasteiger partial charge is 0.340 e.